The first kappa shape index (κ1) is 14.4. The maximum atomic E-state index is 5.69. The van der Waals surface area contributed by atoms with Crippen molar-refractivity contribution in [3.05, 3.63) is 29.3 Å². The highest BCUT2D eigenvalue weighted by Crippen LogP contribution is 2.21. The van der Waals surface area contributed by atoms with E-state index < -0.39 is 0 Å². The molecular formula is C14H24N2S. The fourth-order valence-electron chi connectivity index (χ4n) is 1.87. The second kappa shape index (κ2) is 6.92. The molecule has 1 aromatic carbocycles. The Morgan fingerprint density at radius 3 is 2.65 bits per heavy atom. The Bertz CT molecular complexity index is 352. The van der Waals surface area contributed by atoms with Gasteiger partial charge in [-0.1, -0.05) is 6.07 Å². The van der Waals surface area contributed by atoms with Gasteiger partial charge in [0.25, 0.3) is 0 Å². The number of rotatable bonds is 6. The zero-order valence-electron chi connectivity index (χ0n) is 11.4. The lowest BCUT2D eigenvalue weighted by molar-refractivity contribution is 0.669. The van der Waals surface area contributed by atoms with Crippen molar-refractivity contribution in [2.45, 2.75) is 32.9 Å². The second-order valence-electron chi connectivity index (χ2n) is 4.56. The molecule has 3 heteroatoms. The average Bonchev–Trinajstić information content (AvgIpc) is 2.34. The molecule has 0 aromatic heterocycles. The fraction of sp³-hybridized carbons (Fsp3) is 0.571. The Balaban J connectivity index is 2.74. The molecule has 0 amide bonds. The highest BCUT2D eigenvalue weighted by Gasteiger charge is 2.10. The molecule has 0 aliphatic rings. The average molecular weight is 252 g/mol. The van der Waals surface area contributed by atoms with Gasteiger partial charge in [0.15, 0.2) is 0 Å². The largest absolute Gasteiger partial charge is 0.372 e. The number of aryl methyl sites for hydroxylation is 1. The predicted molar refractivity (Wildman–Crippen MR) is 79.9 cm³/mol. The minimum absolute atomic E-state index is 0.575. The van der Waals surface area contributed by atoms with E-state index in [0.29, 0.717) is 12.6 Å². The van der Waals surface area contributed by atoms with Crippen molar-refractivity contribution in [3.8, 4) is 0 Å². The van der Waals surface area contributed by atoms with Crippen LogP contribution < -0.4 is 10.6 Å². The lowest BCUT2D eigenvalue weighted by Gasteiger charge is -2.27. The van der Waals surface area contributed by atoms with Gasteiger partial charge >= 0.3 is 0 Å². The molecule has 1 unspecified atom stereocenters. The van der Waals surface area contributed by atoms with Gasteiger partial charge in [0, 0.05) is 25.3 Å². The first-order valence-electron chi connectivity index (χ1n) is 6.11. The predicted octanol–water partition coefficient (Wildman–Crippen LogP) is 3.03. The second-order valence-corrected chi connectivity index (χ2v) is 5.54. The van der Waals surface area contributed by atoms with Crippen molar-refractivity contribution in [3.63, 3.8) is 0 Å². The summed E-state index contributed by atoms with van der Waals surface area (Å²) in [5, 5.41) is 0. The summed E-state index contributed by atoms with van der Waals surface area (Å²) in [6.45, 7) is 5.03. The number of nitrogens with two attached hydrogens (primary N) is 1. The van der Waals surface area contributed by atoms with Gasteiger partial charge < -0.3 is 10.6 Å². The number of anilines is 1. The Kier molecular flexibility index (Phi) is 5.86. The van der Waals surface area contributed by atoms with Gasteiger partial charge in [0.2, 0.25) is 0 Å². The summed E-state index contributed by atoms with van der Waals surface area (Å²) < 4.78 is 0. The summed E-state index contributed by atoms with van der Waals surface area (Å²) in [4.78, 5) is 2.35. The molecule has 1 atom stereocenters. The monoisotopic (exact) mass is 252 g/mol. The Morgan fingerprint density at radius 2 is 2.12 bits per heavy atom. The number of hydrogen-bond acceptors (Lipinski definition) is 3. The summed E-state index contributed by atoms with van der Waals surface area (Å²) in [6.07, 6.45) is 3.38. The first-order chi connectivity index (χ1) is 8.10. The van der Waals surface area contributed by atoms with Gasteiger partial charge in [0.1, 0.15) is 0 Å². The van der Waals surface area contributed by atoms with E-state index in [-0.39, 0.29) is 0 Å². The minimum Gasteiger partial charge on any atom is -0.372 e. The molecule has 17 heavy (non-hydrogen) atoms. The van der Waals surface area contributed by atoms with Crippen LogP contribution in [0.25, 0.3) is 0 Å². The van der Waals surface area contributed by atoms with Gasteiger partial charge in [-0.15, -0.1) is 0 Å². The SMILES string of the molecule is CSCCC(C)N(C)c1ccc(CN)c(C)c1. The van der Waals surface area contributed by atoms with Gasteiger partial charge in [-0.3, -0.25) is 0 Å². The molecule has 0 heterocycles. The number of thioether (sulfide) groups is 1. The zero-order chi connectivity index (χ0) is 12.8. The molecule has 0 aliphatic carbocycles. The third kappa shape index (κ3) is 3.93. The van der Waals surface area contributed by atoms with Gasteiger partial charge in [-0.2, -0.15) is 11.8 Å². The van der Waals surface area contributed by atoms with Crippen molar-refractivity contribution >= 4 is 17.4 Å². The Labute approximate surface area is 110 Å². The summed E-state index contributed by atoms with van der Waals surface area (Å²) in [5.41, 5.74) is 9.49. The first-order valence-corrected chi connectivity index (χ1v) is 7.51. The van der Waals surface area contributed by atoms with Crippen molar-refractivity contribution in [1.29, 1.82) is 0 Å². The topological polar surface area (TPSA) is 29.3 Å². The van der Waals surface area contributed by atoms with Gasteiger partial charge in [-0.25, -0.2) is 0 Å². The molecule has 0 bridgehead atoms. The smallest absolute Gasteiger partial charge is 0.0368 e. The van der Waals surface area contributed by atoms with Crippen LogP contribution in [0.4, 0.5) is 5.69 Å². The van der Waals surface area contributed by atoms with Crippen LogP contribution in [-0.4, -0.2) is 25.1 Å². The van der Waals surface area contributed by atoms with Crippen LogP contribution in [0.2, 0.25) is 0 Å². The zero-order valence-corrected chi connectivity index (χ0v) is 12.2. The highest BCUT2D eigenvalue weighted by atomic mass is 32.2. The van der Waals surface area contributed by atoms with E-state index >= 15 is 0 Å². The molecule has 0 aliphatic heterocycles. The number of nitrogens with zero attached hydrogens (tertiary/aromatic N) is 1. The molecule has 0 saturated carbocycles. The van der Waals surface area contributed by atoms with Crippen LogP contribution in [0.3, 0.4) is 0 Å². The molecule has 2 N–H and O–H groups in total. The molecule has 0 saturated heterocycles. The molecule has 1 aromatic rings. The fourth-order valence-corrected chi connectivity index (χ4v) is 2.44. The summed E-state index contributed by atoms with van der Waals surface area (Å²) >= 11 is 1.91. The lowest BCUT2D eigenvalue weighted by Crippen LogP contribution is -2.29. The molecule has 96 valence electrons. The molecule has 2 nitrogen and oxygen atoms in total. The normalized spacial score (nSPS) is 12.5. The van der Waals surface area contributed by atoms with E-state index in [2.05, 4.69) is 50.2 Å². The minimum atomic E-state index is 0.575. The summed E-state index contributed by atoms with van der Waals surface area (Å²) in [7, 11) is 2.17. The number of benzene rings is 1. The molecular weight excluding hydrogens is 228 g/mol. The van der Waals surface area contributed by atoms with E-state index in [1.54, 1.807) is 0 Å². The standard InChI is InChI=1S/C14H24N2S/c1-11-9-14(6-5-13(11)10-15)16(3)12(2)7-8-17-4/h5-6,9,12H,7-8,10,15H2,1-4H3. The highest BCUT2D eigenvalue weighted by molar-refractivity contribution is 7.98. The maximum Gasteiger partial charge on any atom is 0.0368 e. The molecule has 0 radical (unpaired) electrons. The van der Waals surface area contributed by atoms with Crippen LogP contribution >= 0.6 is 11.8 Å². The third-order valence-electron chi connectivity index (χ3n) is 3.35. The van der Waals surface area contributed by atoms with Crippen molar-refractivity contribution in [2.75, 3.05) is 24.0 Å². The summed E-state index contributed by atoms with van der Waals surface area (Å²) in [6, 6.07) is 7.12. The van der Waals surface area contributed by atoms with E-state index in [1.807, 2.05) is 11.8 Å². The number of hydrogen-bond donors (Lipinski definition) is 1. The van der Waals surface area contributed by atoms with Crippen LogP contribution in [0, 0.1) is 6.92 Å². The van der Waals surface area contributed by atoms with Crippen LogP contribution in [-0.2, 0) is 6.54 Å². The van der Waals surface area contributed by atoms with E-state index in [4.69, 9.17) is 5.73 Å². The Morgan fingerprint density at radius 1 is 1.41 bits per heavy atom. The van der Waals surface area contributed by atoms with E-state index in [9.17, 15) is 0 Å². The van der Waals surface area contributed by atoms with Crippen LogP contribution in [0.15, 0.2) is 18.2 Å². The van der Waals surface area contributed by atoms with Gasteiger partial charge in [0.05, 0.1) is 0 Å². The van der Waals surface area contributed by atoms with E-state index in [1.165, 1.54) is 29.0 Å². The van der Waals surface area contributed by atoms with E-state index in [0.717, 1.165) is 0 Å². The van der Waals surface area contributed by atoms with Crippen molar-refractivity contribution in [1.82, 2.24) is 0 Å². The molecule has 0 spiro atoms. The van der Waals surface area contributed by atoms with Crippen molar-refractivity contribution < 1.29 is 0 Å². The van der Waals surface area contributed by atoms with Crippen molar-refractivity contribution in [2.24, 2.45) is 5.73 Å². The molecule has 1 rings (SSSR count). The van der Waals surface area contributed by atoms with Crippen LogP contribution in [0.1, 0.15) is 24.5 Å². The maximum absolute atomic E-state index is 5.69. The Hall–Kier alpha value is -0.670. The third-order valence-corrected chi connectivity index (χ3v) is 4.00. The lowest BCUT2D eigenvalue weighted by atomic mass is 10.1. The quantitative estimate of drug-likeness (QED) is 0.844. The summed E-state index contributed by atoms with van der Waals surface area (Å²) in [5.74, 6) is 1.21. The molecule has 0 fully saturated rings. The van der Waals surface area contributed by atoms with Gasteiger partial charge in [-0.05, 0) is 55.5 Å². The van der Waals surface area contributed by atoms with Crippen LogP contribution in [0.5, 0.6) is 0 Å².